The molecule has 7 heteroatoms. The lowest BCUT2D eigenvalue weighted by Crippen LogP contribution is -2.43. The molecule has 2 aliphatic heterocycles. The van der Waals surface area contributed by atoms with Crippen molar-refractivity contribution < 1.29 is 14.4 Å². The maximum Gasteiger partial charge on any atom is 0.253 e. The number of hydrogen-bond acceptors (Lipinski definition) is 3. The Morgan fingerprint density at radius 2 is 1.84 bits per heavy atom. The fourth-order valence-electron chi connectivity index (χ4n) is 4.33. The molecular formula is C24H26ClN3O3. The van der Waals surface area contributed by atoms with E-state index in [4.69, 9.17) is 11.6 Å². The Hall–Kier alpha value is -2.86. The molecule has 31 heavy (non-hydrogen) atoms. The highest BCUT2D eigenvalue weighted by Gasteiger charge is 2.29. The van der Waals surface area contributed by atoms with Gasteiger partial charge in [-0.05, 0) is 74.2 Å². The van der Waals surface area contributed by atoms with Gasteiger partial charge in [-0.25, -0.2) is 0 Å². The summed E-state index contributed by atoms with van der Waals surface area (Å²) >= 11 is 5.91. The Labute approximate surface area is 187 Å². The van der Waals surface area contributed by atoms with Gasteiger partial charge in [0.05, 0.1) is 5.92 Å². The average Bonchev–Trinajstić information content (AvgIpc) is 3.19. The van der Waals surface area contributed by atoms with Gasteiger partial charge in [-0.1, -0.05) is 11.6 Å². The summed E-state index contributed by atoms with van der Waals surface area (Å²) in [5.41, 5.74) is 3.14. The van der Waals surface area contributed by atoms with E-state index in [1.807, 2.05) is 30.0 Å². The number of nitrogens with zero attached hydrogens (tertiary/aromatic N) is 2. The molecule has 3 amide bonds. The maximum atomic E-state index is 12.9. The van der Waals surface area contributed by atoms with Crippen molar-refractivity contribution in [1.29, 1.82) is 0 Å². The van der Waals surface area contributed by atoms with Crippen molar-refractivity contribution in [1.82, 2.24) is 4.90 Å². The minimum Gasteiger partial charge on any atom is -0.338 e. The van der Waals surface area contributed by atoms with Crippen LogP contribution in [0, 0.1) is 12.8 Å². The molecule has 2 heterocycles. The van der Waals surface area contributed by atoms with Crippen molar-refractivity contribution in [3.05, 3.63) is 58.6 Å². The molecule has 0 spiro atoms. The van der Waals surface area contributed by atoms with Crippen LogP contribution >= 0.6 is 11.6 Å². The van der Waals surface area contributed by atoms with Crippen molar-refractivity contribution in [3.8, 4) is 0 Å². The molecule has 2 saturated heterocycles. The van der Waals surface area contributed by atoms with Gasteiger partial charge in [-0.15, -0.1) is 0 Å². The lowest BCUT2D eigenvalue weighted by atomic mass is 9.96. The Bertz CT molecular complexity index is 1010. The van der Waals surface area contributed by atoms with Crippen LogP contribution in [0.5, 0.6) is 0 Å². The van der Waals surface area contributed by atoms with Gasteiger partial charge in [0.1, 0.15) is 0 Å². The van der Waals surface area contributed by atoms with Crippen molar-refractivity contribution >= 4 is 40.7 Å². The number of nitrogens with one attached hydrogen (secondary N) is 1. The monoisotopic (exact) mass is 439 g/mol. The van der Waals surface area contributed by atoms with E-state index in [-0.39, 0.29) is 23.6 Å². The number of anilines is 2. The third-order valence-corrected chi connectivity index (χ3v) is 6.25. The molecule has 2 aromatic carbocycles. The van der Waals surface area contributed by atoms with Gasteiger partial charge in [-0.2, -0.15) is 0 Å². The predicted molar refractivity (Wildman–Crippen MR) is 121 cm³/mol. The van der Waals surface area contributed by atoms with E-state index < -0.39 is 0 Å². The molecule has 0 unspecified atom stereocenters. The highest BCUT2D eigenvalue weighted by molar-refractivity contribution is 6.30. The molecule has 0 saturated carbocycles. The van der Waals surface area contributed by atoms with Crippen molar-refractivity contribution in [3.63, 3.8) is 0 Å². The van der Waals surface area contributed by atoms with E-state index >= 15 is 0 Å². The number of benzene rings is 2. The van der Waals surface area contributed by atoms with Crippen LogP contribution < -0.4 is 10.2 Å². The number of amides is 3. The number of halogens is 1. The van der Waals surface area contributed by atoms with E-state index in [9.17, 15) is 14.4 Å². The molecule has 0 aromatic heterocycles. The summed E-state index contributed by atoms with van der Waals surface area (Å²) in [5, 5.41) is 3.58. The lowest BCUT2D eigenvalue weighted by Gasteiger charge is -2.32. The molecule has 162 valence electrons. The first-order valence-corrected chi connectivity index (χ1v) is 11.1. The van der Waals surface area contributed by atoms with Crippen LogP contribution in [0.2, 0.25) is 5.02 Å². The van der Waals surface area contributed by atoms with E-state index in [2.05, 4.69) is 5.32 Å². The third-order valence-electron chi connectivity index (χ3n) is 6.00. The fourth-order valence-corrected chi connectivity index (χ4v) is 4.46. The molecule has 2 aliphatic rings. The fraction of sp³-hybridized carbons (Fsp3) is 0.375. The largest absolute Gasteiger partial charge is 0.338 e. The van der Waals surface area contributed by atoms with Crippen LogP contribution in [0.4, 0.5) is 11.4 Å². The first-order chi connectivity index (χ1) is 14.9. The summed E-state index contributed by atoms with van der Waals surface area (Å²) in [6.07, 6.45) is 3.00. The zero-order valence-electron chi connectivity index (χ0n) is 17.6. The van der Waals surface area contributed by atoms with Crippen molar-refractivity contribution in [2.45, 2.75) is 32.6 Å². The SMILES string of the molecule is Cc1cc(NC(=O)[C@H]2CCCN(C(=O)c3ccc(Cl)cc3)C2)ccc1N1CCCC1=O. The summed E-state index contributed by atoms with van der Waals surface area (Å²) in [7, 11) is 0. The lowest BCUT2D eigenvalue weighted by molar-refractivity contribution is -0.121. The van der Waals surface area contributed by atoms with E-state index in [0.717, 1.165) is 37.1 Å². The van der Waals surface area contributed by atoms with Crippen LogP contribution in [0.25, 0.3) is 0 Å². The summed E-state index contributed by atoms with van der Waals surface area (Å²) in [5.74, 6) is -0.277. The van der Waals surface area contributed by atoms with Crippen molar-refractivity contribution in [2.75, 3.05) is 29.9 Å². The minimum atomic E-state index is -0.259. The smallest absolute Gasteiger partial charge is 0.253 e. The maximum absolute atomic E-state index is 12.9. The number of piperidine rings is 1. The normalized spacial score (nSPS) is 18.9. The molecule has 6 nitrogen and oxygen atoms in total. The molecule has 0 bridgehead atoms. The first-order valence-electron chi connectivity index (χ1n) is 10.7. The minimum absolute atomic E-state index is 0.0790. The van der Waals surface area contributed by atoms with Crippen LogP contribution in [0.3, 0.4) is 0 Å². The molecule has 2 fully saturated rings. The number of carbonyl (C=O) groups is 3. The molecule has 1 atom stereocenters. The van der Waals surface area contributed by atoms with E-state index in [1.165, 1.54) is 0 Å². The Kier molecular flexibility index (Phi) is 6.28. The zero-order chi connectivity index (χ0) is 22.0. The number of aryl methyl sites for hydroxylation is 1. The van der Waals surface area contributed by atoms with Gasteiger partial charge in [-0.3, -0.25) is 14.4 Å². The van der Waals surface area contributed by atoms with E-state index in [1.54, 1.807) is 29.2 Å². The van der Waals surface area contributed by atoms with Crippen molar-refractivity contribution in [2.24, 2.45) is 5.92 Å². The van der Waals surface area contributed by atoms with Gasteiger partial charge in [0, 0.05) is 48.0 Å². The molecular weight excluding hydrogens is 414 g/mol. The Morgan fingerprint density at radius 1 is 1.06 bits per heavy atom. The highest BCUT2D eigenvalue weighted by atomic mass is 35.5. The Morgan fingerprint density at radius 3 is 2.52 bits per heavy atom. The number of hydrogen-bond donors (Lipinski definition) is 1. The summed E-state index contributed by atoms with van der Waals surface area (Å²) in [6.45, 7) is 3.73. The first kappa shape index (κ1) is 21.4. The second-order valence-electron chi connectivity index (χ2n) is 8.24. The third kappa shape index (κ3) is 4.74. The average molecular weight is 440 g/mol. The number of likely N-dealkylation sites (tertiary alicyclic amines) is 1. The molecule has 1 N–H and O–H groups in total. The standard InChI is InChI=1S/C24H26ClN3O3/c1-16-14-20(10-11-21(16)28-13-3-5-22(28)29)26-23(30)18-4-2-12-27(15-18)24(31)17-6-8-19(25)9-7-17/h6-11,14,18H,2-5,12-13,15H2,1H3,(H,26,30)/t18-/m0/s1. The van der Waals surface area contributed by atoms with Crippen LogP contribution in [0.15, 0.2) is 42.5 Å². The van der Waals surface area contributed by atoms with Gasteiger partial charge in [0.15, 0.2) is 0 Å². The highest BCUT2D eigenvalue weighted by Crippen LogP contribution is 2.28. The van der Waals surface area contributed by atoms with Gasteiger partial charge in [0.2, 0.25) is 11.8 Å². The Balaban J connectivity index is 1.40. The quantitative estimate of drug-likeness (QED) is 0.773. The summed E-state index contributed by atoms with van der Waals surface area (Å²) in [4.78, 5) is 41.2. The predicted octanol–water partition coefficient (Wildman–Crippen LogP) is 4.27. The molecule has 0 aliphatic carbocycles. The van der Waals surface area contributed by atoms with Crippen LogP contribution in [0.1, 0.15) is 41.6 Å². The van der Waals surface area contributed by atoms with Crippen LogP contribution in [-0.2, 0) is 9.59 Å². The molecule has 0 radical (unpaired) electrons. The topological polar surface area (TPSA) is 69.7 Å². The summed E-state index contributed by atoms with van der Waals surface area (Å²) in [6, 6.07) is 12.5. The van der Waals surface area contributed by atoms with Gasteiger partial charge < -0.3 is 15.1 Å². The van der Waals surface area contributed by atoms with Gasteiger partial charge >= 0.3 is 0 Å². The number of carbonyl (C=O) groups excluding carboxylic acids is 3. The van der Waals surface area contributed by atoms with Gasteiger partial charge in [0.25, 0.3) is 5.91 Å². The zero-order valence-corrected chi connectivity index (χ0v) is 18.3. The van der Waals surface area contributed by atoms with Crippen LogP contribution in [-0.4, -0.2) is 42.3 Å². The molecule has 2 aromatic rings. The van der Waals surface area contributed by atoms with E-state index in [0.29, 0.717) is 35.8 Å². The summed E-state index contributed by atoms with van der Waals surface area (Å²) < 4.78 is 0. The second-order valence-corrected chi connectivity index (χ2v) is 8.67. The molecule has 4 rings (SSSR count). The second kappa shape index (κ2) is 9.10. The number of rotatable bonds is 4.